The van der Waals surface area contributed by atoms with Crippen molar-refractivity contribution < 1.29 is 9.47 Å². The van der Waals surface area contributed by atoms with Crippen molar-refractivity contribution in [3.8, 4) is 84.7 Å². The molecule has 0 radical (unpaired) electrons. The largest absolute Gasteiger partial charge is 0.458 e. The maximum Gasteiger partial charge on any atom is 0.260 e. The summed E-state index contributed by atoms with van der Waals surface area (Å²) in [5, 5.41) is 0. The molecular formula is C62H50BN3O2. The number of aromatic nitrogens is 3. The van der Waals surface area contributed by atoms with E-state index in [0.717, 1.165) is 84.3 Å². The Kier molecular flexibility index (Phi) is 10.0. The van der Waals surface area contributed by atoms with Crippen LogP contribution in [0.15, 0.2) is 182 Å². The maximum atomic E-state index is 7.12. The lowest BCUT2D eigenvalue weighted by molar-refractivity contribution is 0.452. The normalized spacial score (nSPS) is 12.4. The van der Waals surface area contributed by atoms with Crippen molar-refractivity contribution in [2.75, 3.05) is 0 Å². The Hall–Kier alpha value is -7.96. The van der Waals surface area contributed by atoms with Gasteiger partial charge in [0.05, 0.1) is 22.4 Å². The van der Waals surface area contributed by atoms with Crippen molar-refractivity contribution in [3.05, 3.63) is 204 Å². The summed E-state index contributed by atoms with van der Waals surface area (Å²) in [7, 11) is 0. The number of hydrogen-bond donors (Lipinski definition) is 0. The van der Waals surface area contributed by atoms with Crippen LogP contribution in [0.25, 0.3) is 72.7 Å². The standard InChI is InChI=1S/C62H50BN3O2/c1-37(2)48-36-49(38(3)4)61-58-60(48)67-55-29-27-43(53-35-44(31-32-64-53)57-46(41-19-9-7-10-20-41)23-16-24-47(57)42-21-11-8-12-22-42)33-50(55)63(58)51-34-45(28-30-56(51)68-61)62-65-52-25-13-14-26-54(52)66(62)59-39(5)17-15-18-40(59)6/h7-38H,1-6H3. The molecule has 0 bridgehead atoms. The number of benzene rings is 8. The third kappa shape index (κ3) is 6.77. The molecule has 12 rings (SSSR count). The monoisotopic (exact) mass is 879 g/mol. The average molecular weight is 880 g/mol. The zero-order valence-electron chi connectivity index (χ0n) is 39.2. The van der Waals surface area contributed by atoms with Gasteiger partial charge in [-0.25, -0.2) is 4.98 Å². The molecule has 4 heterocycles. The van der Waals surface area contributed by atoms with E-state index in [1.807, 2.05) is 6.20 Å². The van der Waals surface area contributed by atoms with Gasteiger partial charge >= 0.3 is 0 Å². The summed E-state index contributed by atoms with van der Waals surface area (Å²) in [4.78, 5) is 10.4. The van der Waals surface area contributed by atoms with Gasteiger partial charge in [0.15, 0.2) is 0 Å². The molecule has 328 valence electrons. The van der Waals surface area contributed by atoms with Crippen molar-refractivity contribution in [1.82, 2.24) is 14.5 Å². The van der Waals surface area contributed by atoms with E-state index in [2.05, 4.69) is 222 Å². The average Bonchev–Trinajstić information content (AvgIpc) is 3.75. The minimum Gasteiger partial charge on any atom is -0.458 e. The van der Waals surface area contributed by atoms with Gasteiger partial charge in [-0.1, -0.05) is 149 Å². The molecule has 2 aromatic heterocycles. The number of pyridine rings is 1. The summed E-state index contributed by atoms with van der Waals surface area (Å²) in [5.74, 6) is 4.83. The molecule has 0 aliphatic carbocycles. The Morgan fingerprint density at radius 1 is 0.500 bits per heavy atom. The topological polar surface area (TPSA) is 49.2 Å². The molecule has 0 N–H and O–H groups in total. The fourth-order valence-electron chi connectivity index (χ4n) is 10.7. The zero-order valence-corrected chi connectivity index (χ0v) is 39.2. The summed E-state index contributed by atoms with van der Waals surface area (Å²) in [6, 6.07) is 62.9. The van der Waals surface area contributed by atoms with Crippen LogP contribution in [-0.4, -0.2) is 21.2 Å². The van der Waals surface area contributed by atoms with Crippen LogP contribution >= 0.6 is 0 Å². The lowest BCUT2D eigenvalue weighted by Crippen LogP contribution is -2.58. The molecule has 2 aliphatic heterocycles. The predicted molar refractivity (Wildman–Crippen MR) is 281 cm³/mol. The number of rotatable bonds is 8. The van der Waals surface area contributed by atoms with Gasteiger partial charge < -0.3 is 9.47 Å². The van der Waals surface area contributed by atoms with Crippen LogP contribution in [0.3, 0.4) is 0 Å². The molecule has 0 saturated heterocycles. The maximum absolute atomic E-state index is 7.12. The quantitative estimate of drug-likeness (QED) is 0.143. The highest BCUT2D eigenvalue weighted by Gasteiger charge is 2.43. The van der Waals surface area contributed by atoms with Gasteiger partial charge in [0, 0.05) is 17.2 Å². The number of fused-ring (bicyclic) bond motifs is 5. The number of nitrogens with zero attached hydrogens (tertiary/aromatic N) is 3. The van der Waals surface area contributed by atoms with E-state index in [9.17, 15) is 0 Å². The van der Waals surface area contributed by atoms with Crippen LogP contribution in [-0.2, 0) is 0 Å². The Morgan fingerprint density at radius 3 is 1.68 bits per heavy atom. The second-order valence-corrected chi connectivity index (χ2v) is 19.0. The molecule has 2 aliphatic rings. The van der Waals surface area contributed by atoms with E-state index in [4.69, 9.17) is 19.4 Å². The summed E-state index contributed by atoms with van der Waals surface area (Å²) in [6.07, 6.45) is 1.95. The lowest BCUT2D eigenvalue weighted by Gasteiger charge is -2.36. The molecule has 0 amide bonds. The first-order valence-electron chi connectivity index (χ1n) is 23.8. The van der Waals surface area contributed by atoms with Gasteiger partial charge in [0.1, 0.15) is 28.8 Å². The number of aryl methyl sites for hydroxylation is 2. The van der Waals surface area contributed by atoms with E-state index in [0.29, 0.717) is 0 Å². The van der Waals surface area contributed by atoms with Crippen molar-refractivity contribution >= 4 is 34.1 Å². The minimum absolute atomic E-state index is 0.187. The van der Waals surface area contributed by atoms with Crippen molar-refractivity contribution in [1.29, 1.82) is 0 Å². The molecule has 8 aromatic carbocycles. The SMILES string of the molecule is Cc1cccc(C)c1-n1c(-c2ccc3c(c2)B2c4cc(-c5cc(-c6c(-c7ccccc7)cccc6-c6ccccc6)ccn5)ccc4Oc4c(C(C)C)cc(C(C)C)c(c42)O3)nc2ccccc21. The highest BCUT2D eigenvalue weighted by atomic mass is 16.5. The molecular weight excluding hydrogens is 830 g/mol. The van der Waals surface area contributed by atoms with Crippen LogP contribution in [0.2, 0.25) is 0 Å². The zero-order chi connectivity index (χ0) is 46.2. The summed E-state index contributed by atoms with van der Waals surface area (Å²) in [6.45, 7) is 13.2. The van der Waals surface area contributed by atoms with E-state index in [1.54, 1.807) is 0 Å². The van der Waals surface area contributed by atoms with Crippen LogP contribution in [0.4, 0.5) is 0 Å². The first-order valence-corrected chi connectivity index (χ1v) is 23.8. The number of para-hydroxylation sites is 3. The fraction of sp³-hybridized carbons (Fsp3) is 0.129. The molecule has 0 fully saturated rings. The molecule has 0 spiro atoms. The number of ether oxygens (including phenoxy) is 2. The Bertz CT molecular complexity index is 3510. The highest BCUT2D eigenvalue weighted by Crippen LogP contribution is 2.45. The van der Waals surface area contributed by atoms with Crippen LogP contribution in [0.5, 0.6) is 23.0 Å². The van der Waals surface area contributed by atoms with Gasteiger partial charge in [0.2, 0.25) is 0 Å². The van der Waals surface area contributed by atoms with E-state index < -0.39 is 0 Å². The van der Waals surface area contributed by atoms with Gasteiger partial charge in [-0.2, -0.15) is 0 Å². The Labute approximate surface area is 398 Å². The molecule has 0 saturated carbocycles. The predicted octanol–water partition coefficient (Wildman–Crippen LogP) is 14.3. The number of hydrogen-bond acceptors (Lipinski definition) is 4. The summed E-state index contributed by atoms with van der Waals surface area (Å²) in [5.41, 5.74) is 21.1. The van der Waals surface area contributed by atoms with Crippen molar-refractivity contribution in [2.24, 2.45) is 0 Å². The van der Waals surface area contributed by atoms with Gasteiger partial charge in [-0.3, -0.25) is 9.55 Å². The van der Waals surface area contributed by atoms with Gasteiger partial charge in [-0.05, 0) is 152 Å². The van der Waals surface area contributed by atoms with Crippen LogP contribution < -0.4 is 25.9 Å². The van der Waals surface area contributed by atoms with Crippen LogP contribution in [0, 0.1) is 13.8 Å². The molecule has 0 atom stereocenters. The van der Waals surface area contributed by atoms with E-state index in [1.165, 1.54) is 50.1 Å². The smallest absolute Gasteiger partial charge is 0.260 e. The van der Waals surface area contributed by atoms with Gasteiger partial charge in [-0.15, -0.1) is 0 Å². The minimum atomic E-state index is -0.187. The van der Waals surface area contributed by atoms with E-state index >= 15 is 0 Å². The second kappa shape index (κ2) is 16.4. The summed E-state index contributed by atoms with van der Waals surface area (Å²) < 4.78 is 16.6. The van der Waals surface area contributed by atoms with Gasteiger partial charge in [0.25, 0.3) is 6.71 Å². The number of imidazole rings is 1. The third-order valence-electron chi connectivity index (χ3n) is 14.0. The highest BCUT2D eigenvalue weighted by molar-refractivity contribution is 6.98. The van der Waals surface area contributed by atoms with Crippen molar-refractivity contribution in [2.45, 2.75) is 53.4 Å². The third-order valence-corrected chi connectivity index (χ3v) is 14.0. The molecule has 0 unspecified atom stereocenters. The second-order valence-electron chi connectivity index (χ2n) is 19.0. The molecule has 68 heavy (non-hydrogen) atoms. The fourth-order valence-corrected chi connectivity index (χ4v) is 10.7. The summed E-state index contributed by atoms with van der Waals surface area (Å²) >= 11 is 0. The van der Waals surface area contributed by atoms with Crippen molar-refractivity contribution in [3.63, 3.8) is 0 Å². The first-order chi connectivity index (χ1) is 33.2. The Balaban J connectivity index is 1.06. The lowest BCUT2D eigenvalue weighted by atomic mass is 9.34. The van der Waals surface area contributed by atoms with E-state index in [-0.39, 0.29) is 18.5 Å². The molecule has 10 aromatic rings. The van der Waals surface area contributed by atoms with Crippen LogP contribution in [0.1, 0.15) is 61.8 Å². The Morgan fingerprint density at radius 2 is 1.06 bits per heavy atom. The molecule has 6 heteroatoms. The molecule has 5 nitrogen and oxygen atoms in total. The first kappa shape index (κ1) is 41.5.